The third-order valence-corrected chi connectivity index (χ3v) is 6.71. The molecule has 2 aliphatic rings. The van der Waals surface area contributed by atoms with Crippen molar-refractivity contribution in [3.8, 4) is 5.75 Å². The molecule has 1 aliphatic carbocycles. The molecule has 0 saturated heterocycles. The Balaban J connectivity index is 1.73. The lowest BCUT2D eigenvalue weighted by molar-refractivity contribution is -0.119. The number of ether oxygens (including phenoxy) is 1. The number of carbonyl (C=O) groups is 1. The number of unbranched alkanes of at least 4 members (excludes halogenated alkanes) is 1. The summed E-state index contributed by atoms with van der Waals surface area (Å²) >= 11 is 1.51. The molecule has 1 spiro atoms. The van der Waals surface area contributed by atoms with Gasteiger partial charge in [-0.2, -0.15) is 0 Å². The molecule has 164 valence electrons. The van der Waals surface area contributed by atoms with E-state index < -0.39 is 0 Å². The Kier molecular flexibility index (Phi) is 8.37. The highest BCUT2D eigenvalue weighted by molar-refractivity contribution is 8.16. The van der Waals surface area contributed by atoms with Crippen LogP contribution in [0.1, 0.15) is 77.7 Å². The SMILES string of the molecule is CCCCOc1ccc(C2=NC3(CCCCC3)N=C2SCC(=O)N[C@@H](C)CC)cc1. The molecule has 6 heteroatoms. The number of benzene rings is 1. The second-order valence-electron chi connectivity index (χ2n) is 8.31. The fraction of sp³-hybridized carbons (Fsp3) is 0.625. The summed E-state index contributed by atoms with van der Waals surface area (Å²) in [7, 11) is 0. The number of hydrogen-bond acceptors (Lipinski definition) is 5. The van der Waals surface area contributed by atoms with E-state index in [9.17, 15) is 4.79 Å². The van der Waals surface area contributed by atoms with Crippen LogP contribution >= 0.6 is 11.8 Å². The first-order chi connectivity index (χ1) is 14.5. The fourth-order valence-corrected chi connectivity index (χ4v) is 4.63. The van der Waals surface area contributed by atoms with Gasteiger partial charge in [0.1, 0.15) is 10.8 Å². The first-order valence-corrected chi connectivity index (χ1v) is 12.4. The molecular weight excluding hydrogens is 394 g/mol. The molecule has 1 N–H and O–H groups in total. The summed E-state index contributed by atoms with van der Waals surface area (Å²) in [5, 5.41) is 3.94. The molecule has 0 radical (unpaired) electrons. The molecule has 1 aromatic rings. The number of thioether (sulfide) groups is 1. The van der Waals surface area contributed by atoms with Crippen molar-refractivity contribution in [2.24, 2.45) is 9.98 Å². The zero-order chi connectivity index (χ0) is 21.4. The van der Waals surface area contributed by atoms with Crippen LogP contribution in [-0.2, 0) is 4.79 Å². The largest absolute Gasteiger partial charge is 0.494 e. The Morgan fingerprint density at radius 3 is 2.57 bits per heavy atom. The quantitative estimate of drug-likeness (QED) is 0.536. The van der Waals surface area contributed by atoms with E-state index in [2.05, 4.69) is 31.3 Å². The van der Waals surface area contributed by atoms with Gasteiger partial charge < -0.3 is 10.1 Å². The molecule has 1 heterocycles. The van der Waals surface area contributed by atoms with E-state index >= 15 is 0 Å². The lowest BCUT2D eigenvalue weighted by atomic mass is 9.90. The number of nitrogens with one attached hydrogen (secondary N) is 1. The highest BCUT2D eigenvalue weighted by Crippen LogP contribution is 2.38. The topological polar surface area (TPSA) is 63.1 Å². The molecule has 5 nitrogen and oxygen atoms in total. The van der Waals surface area contributed by atoms with Crippen LogP contribution in [0.2, 0.25) is 0 Å². The average molecular weight is 430 g/mol. The van der Waals surface area contributed by atoms with E-state index in [-0.39, 0.29) is 17.6 Å². The Morgan fingerprint density at radius 1 is 1.17 bits per heavy atom. The number of hydrogen-bond donors (Lipinski definition) is 1. The molecule has 3 rings (SSSR count). The summed E-state index contributed by atoms with van der Waals surface area (Å²) in [5.74, 6) is 1.31. The monoisotopic (exact) mass is 429 g/mol. The van der Waals surface area contributed by atoms with E-state index in [1.165, 1.54) is 18.2 Å². The van der Waals surface area contributed by atoms with Crippen molar-refractivity contribution in [2.75, 3.05) is 12.4 Å². The van der Waals surface area contributed by atoms with Crippen LogP contribution in [0.15, 0.2) is 34.3 Å². The van der Waals surface area contributed by atoms with E-state index in [1.54, 1.807) is 0 Å². The molecule has 0 aromatic heterocycles. The van der Waals surface area contributed by atoms with Gasteiger partial charge in [-0.05, 0) is 69.7 Å². The van der Waals surface area contributed by atoms with Gasteiger partial charge in [0.05, 0.1) is 18.1 Å². The van der Waals surface area contributed by atoms with Gasteiger partial charge in [-0.15, -0.1) is 0 Å². The summed E-state index contributed by atoms with van der Waals surface area (Å²) in [6.07, 6.45) is 8.69. The second-order valence-corrected chi connectivity index (χ2v) is 9.28. The molecular formula is C24H35N3O2S. The van der Waals surface area contributed by atoms with Gasteiger partial charge in [0, 0.05) is 11.6 Å². The minimum absolute atomic E-state index is 0.0562. The van der Waals surface area contributed by atoms with Crippen LogP contribution in [0.5, 0.6) is 5.75 Å². The molecule has 1 atom stereocenters. The van der Waals surface area contributed by atoms with E-state index in [1.807, 2.05) is 19.1 Å². The van der Waals surface area contributed by atoms with Gasteiger partial charge in [0.15, 0.2) is 5.66 Å². The highest BCUT2D eigenvalue weighted by Gasteiger charge is 2.37. The normalized spacial score (nSPS) is 18.6. The summed E-state index contributed by atoms with van der Waals surface area (Å²) in [6.45, 7) is 7.01. The van der Waals surface area contributed by atoms with Crippen LogP contribution in [0.3, 0.4) is 0 Å². The van der Waals surface area contributed by atoms with Crippen molar-refractivity contribution >= 4 is 28.4 Å². The molecule has 1 saturated carbocycles. The van der Waals surface area contributed by atoms with Gasteiger partial charge >= 0.3 is 0 Å². The van der Waals surface area contributed by atoms with Crippen molar-refractivity contribution in [1.29, 1.82) is 0 Å². The lowest BCUT2D eigenvalue weighted by Crippen LogP contribution is -2.33. The van der Waals surface area contributed by atoms with Crippen molar-refractivity contribution in [2.45, 2.75) is 83.8 Å². The van der Waals surface area contributed by atoms with Gasteiger partial charge in [-0.3, -0.25) is 9.79 Å². The summed E-state index contributed by atoms with van der Waals surface area (Å²) in [4.78, 5) is 22.5. The predicted molar refractivity (Wildman–Crippen MR) is 127 cm³/mol. The first-order valence-electron chi connectivity index (χ1n) is 11.4. The Hall–Kier alpha value is -1.82. The Morgan fingerprint density at radius 2 is 1.90 bits per heavy atom. The van der Waals surface area contributed by atoms with Crippen LogP contribution in [0, 0.1) is 0 Å². The second kappa shape index (κ2) is 11.0. The average Bonchev–Trinajstić information content (AvgIpc) is 3.11. The predicted octanol–water partition coefficient (Wildman–Crippen LogP) is 5.38. The maximum atomic E-state index is 12.3. The number of carbonyl (C=O) groups excluding carboxylic acids is 1. The van der Waals surface area contributed by atoms with Gasteiger partial charge in [0.25, 0.3) is 0 Å². The number of nitrogens with zero attached hydrogens (tertiary/aromatic N) is 2. The summed E-state index contributed by atoms with van der Waals surface area (Å²) < 4.78 is 5.80. The van der Waals surface area contributed by atoms with Crippen LogP contribution < -0.4 is 10.1 Å². The van der Waals surface area contributed by atoms with Gasteiger partial charge in [-0.25, -0.2) is 4.99 Å². The Bertz CT molecular complexity index is 767. The first kappa shape index (κ1) is 22.9. The number of amides is 1. The van der Waals surface area contributed by atoms with Crippen LogP contribution in [0.4, 0.5) is 0 Å². The maximum absolute atomic E-state index is 12.3. The van der Waals surface area contributed by atoms with Gasteiger partial charge in [0.2, 0.25) is 5.91 Å². The number of aliphatic imine (C=N–C) groups is 2. The molecule has 1 aromatic carbocycles. The summed E-state index contributed by atoms with van der Waals surface area (Å²) in [5.41, 5.74) is 1.66. The molecule has 0 bridgehead atoms. The standard InChI is InChI=1S/C24H35N3O2S/c1-4-6-16-29-20-12-10-19(11-13-20)22-23(30-17-21(28)25-18(3)5-2)27-24(26-22)14-8-7-9-15-24/h10-13,18H,4-9,14-17H2,1-3H3,(H,25,28)/t18-/m0/s1. The summed E-state index contributed by atoms with van der Waals surface area (Å²) in [6, 6.07) is 8.35. The van der Waals surface area contributed by atoms with Crippen LogP contribution in [-0.4, -0.2) is 40.7 Å². The number of rotatable bonds is 9. The molecule has 1 amide bonds. The van der Waals surface area contributed by atoms with Crippen molar-refractivity contribution in [3.63, 3.8) is 0 Å². The minimum Gasteiger partial charge on any atom is -0.494 e. The molecule has 1 aliphatic heterocycles. The highest BCUT2D eigenvalue weighted by atomic mass is 32.2. The van der Waals surface area contributed by atoms with Crippen molar-refractivity contribution in [3.05, 3.63) is 29.8 Å². The molecule has 0 unspecified atom stereocenters. The third-order valence-electron chi connectivity index (χ3n) is 5.74. The van der Waals surface area contributed by atoms with Crippen LogP contribution in [0.25, 0.3) is 0 Å². The van der Waals surface area contributed by atoms with Gasteiger partial charge in [-0.1, -0.05) is 38.5 Å². The van der Waals surface area contributed by atoms with E-state index in [0.29, 0.717) is 5.75 Å². The van der Waals surface area contributed by atoms with E-state index in [0.717, 1.165) is 73.6 Å². The molecule has 30 heavy (non-hydrogen) atoms. The minimum atomic E-state index is -0.320. The maximum Gasteiger partial charge on any atom is 0.230 e. The molecule has 1 fully saturated rings. The van der Waals surface area contributed by atoms with E-state index in [4.69, 9.17) is 14.7 Å². The van der Waals surface area contributed by atoms with Crippen molar-refractivity contribution in [1.82, 2.24) is 5.32 Å². The third kappa shape index (κ3) is 6.10. The zero-order valence-electron chi connectivity index (χ0n) is 18.6. The zero-order valence-corrected chi connectivity index (χ0v) is 19.4. The Labute approximate surface area is 185 Å². The smallest absolute Gasteiger partial charge is 0.230 e. The van der Waals surface area contributed by atoms with Crippen molar-refractivity contribution < 1.29 is 9.53 Å². The fourth-order valence-electron chi connectivity index (χ4n) is 3.75. The lowest BCUT2D eigenvalue weighted by Gasteiger charge is -2.27.